The Bertz CT molecular complexity index is 372. The Labute approximate surface area is 86.3 Å². The third kappa shape index (κ3) is 1.89. The predicted molar refractivity (Wildman–Crippen MR) is 51.9 cm³/mol. The summed E-state index contributed by atoms with van der Waals surface area (Å²) in [6, 6.07) is 4.90. The number of aromatic carboxylic acids is 1. The first-order valence-electron chi connectivity index (χ1n) is 4.31. The van der Waals surface area contributed by atoms with E-state index in [1.807, 2.05) is 0 Å². The second kappa shape index (κ2) is 3.59. The Kier molecular flexibility index (Phi) is 2.44. The van der Waals surface area contributed by atoms with E-state index in [0.29, 0.717) is 23.6 Å². The highest BCUT2D eigenvalue weighted by Gasteiger charge is 2.26. The summed E-state index contributed by atoms with van der Waals surface area (Å²) in [4.78, 5) is 10.9. The molecule has 0 saturated carbocycles. The van der Waals surface area contributed by atoms with Gasteiger partial charge in [0, 0.05) is 11.4 Å². The van der Waals surface area contributed by atoms with Crippen molar-refractivity contribution in [3.05, 3.63) is 34.3 Å². The molecule has 1 aromatic carbocycles. The zero-order chi connectivity index (χ0) is 10.1. The van der Waals surface area contributed by atoms with Crippen LogP contribution in [0.2, 0.25) is 5.02 Å². The molecule has 0 radical (unpaired) electrons. The molecule has 1 aliphatic heterocycles. The molecular formula is C10H9ClO3. The lowest BCUT2D eigenvalue weighted by molar-refractivity contribution is 0.0695. The van der Waals surface area contributed by atoms with E-state index in [0.717, 1.165) is 0 Å². The molecule has 3 nitrogen and oxygen atoms in total. The van der Waals surface area contributed by atoms with Crippen molar-refractivity contribution in [3.8, 4) is 0 Å². The Balaban J connectivity index is 2.36. The van der Waals surface area contributed by atoms with Gasteiger partial charge in [0.25, 0.3) is 0 Å². The summed E-state index contributed by atoms with van der Waals surface area (Å²) < 4.78 is 5.05. The lowest BCUT2D eigenvalue weighted by Gasteiger charge is -2.05. The standard InChI is InChI=1S/C10H9ClO3/c11-9-3-1-2-7(10(12)13)8(9)4-6-5-14-6/h1-3,6H,4-5H2,(H,12,13). The number of carboxylic acids is 1. The van der Waals surface area contributed by atoms with Gasteiger partial charge in [0.15, 0.2) is 0 Å². The lowest BCUT2D eigenvalue weighted by Crippen LogP contribution is -2.05. The molecule has 4 heteroatoms. The van der Waals surface area contributed by atoms with Crippen LogP contribution in [0.25, 0.3) is 0 Å². The highest BCUT2D eigenvalue weighted by molar-refractivity contribution is 6.31. The molecule has 0 spiro atoms. The van der Waals surface area contributed by atoms with Crippen LogP contribution < -0.4 is 0 Å². The molecule has 0 aromatic heterocycles. The molecule has 1 unspecified atom stereocenters. The Morgan fingerprint density at radius 2 is 2.36 bits per heavy atom. The molecule has 0 amide bonds. The number of hydrogen-bond acceptors (Lipinski definition) is 2. The molecule has 0 bridgehead atoms. The van der Waals surface area contributed by atoms with Crippen LogP contribution in [-0.4, -0.2) is 23.8 Å². The van der Waals surface area contributed by atoms with Gasteiger partial charge < -0.3 is 9.84 Å². The van der Waals surface area contributed by atoms with Crippen LogP contribution in [0, 0.1) is 0 Å². The lowest BCUT2D eigenvalue weighted by atomic mass is 10.0. The fraction of sp³-hybridized carbons (Fsp3) is 0.300. The van der Waals surface area contributed by atoms with Crippen LogP contribution in [0.4, 0.5) is 0 Å². The third-order valence-electron chi connectivity index (χ3n) is 2.18. The number of carboxylic acid groups (broad SMARTS) is 1. The summed E-state index contributed by atoms with van der Waals surface area (Å²) in [7, 11) is 0. The van der Waals surface area contributed by atoms with Crippen LogP contribution in [0.5, 0.6) is 0 Å². The number of halogens is 1. The Hall–Kier alpha value is -1.06. The molecule has 1 aromatic rings. The Morgan fingerprint density at radius 3 is 2.93 bits per heavy atom. The first-order valence-corrected chi connectivity index (χ1v) is 4.68. The molecule has 74 valence electrons. The second-order valence-corrected chi connectivity index (χ2v) is 3.64. The maximum atomic E-state index is 10.9. The van der Waals surface area contributed by atoms with E-state index in [1.165, 1.54) is 0 Å². The van der Waals surface area contributed by atoms with Crippen LogP contribution in [-0.2, 0) is 11.2 Å². The molecule has 1 aliphatic rings. The van der Waals surface area contributed by atoms with E-state index < -0.39 is 5.97 Å². The SMILES string of the molecule is O=C(O)c1cccc(Cl)c1CC1CO1. The predicted octanol–water partition coefficient (Wildman–Crippen LogP) is 1.98. The van der Waals surface area contributed by atoms with E-state index >= 15 is 0 Å². The summed E-state index contributed by atoms with van der Waals surface area (Å²) in [6.45, 7) is 0.699. The molecule has 14 heavy (non-hydrogen) atoms. The summed E-state index contributed by atoms with van der Waals surface area (Å²) in [5, 5.41) is 9.42. The first kappa shape index (κ1) is 9.49. The van der Waals surface area contributed by atoms with Crippen molar-refractivity contribution in [2.45, 2.75) is 12.5 Å². The number of ether oxygens (including phenoxy) is 1. The van der Waals surface area contributed by atoms with Gasteiger partial charge in [0.2, 0.25) is 0 Å². The van der Waals surface area contributed by atoms with Crippen LogP contribution in [0.15, 0.2) is 18.2 Å². The quantitative estimate of drug-likeness (QED) is 0.780. The fourth-order valence-electron chi connectivity index (χ4n) is 1.38. The average molecular weight is 213 g/mol. The Morgan fingerprint density at radius 1 is 1.64 bits per heavy atom. The largest absolute Gasteiger partial charge is 0.478 e. The van der Waals surface area contributed by atoms with E-state index in [2.05, 4.69) is 0 Å². The molecule has 0 aliphatic carbocycles. The van der Waals surface area contributed by atoms with Crippen molar-refractivity contribution < 1.29 is 14.6 Å². The number of epoxide rings is 1. The average Bonchev–Trinajstić information content (AvgIpc) is 2.91. The third-order valence-corrected chi connectivity index (χ3v) is 2.54. The fourth-order valence-corrected chi connectivity index (χ4v) is 1.63. The molecule has 2 rings (SSSR count). The zero-order valence-electron chi connectivity index (χ0n) is 7.37. The number of benzene rings is 1. The van der Waals surface area contributed by atoms with E-state index in [-0.39, 0.29) is 11.7 Å². The van der Waals surface area contributed by atoms with E-state index in [9.17, 15) is 4.79 Å². The van der Waals surface area contributed by atoms with Gasteiger partial charge in [-0.25, -0.2) is 4.79 Å². The molecule has 1 heterocycles. The molecule has 1 atom stereocenters. The maximum absolute atomic E-state index is 10.9. The van der Waals surface area contributed by atoms with Crippen molar-refractivity contribution in [2.24, 2.45) is 0 Å². The monoisotopic (exact) mass is 212 g/mol. The van der Waals surface area contributed by atoms with Gasteiger partial charge in [-0.05, 0) is 17.7 Å². The van der Waals surface area contributed by atoms with Gasteiger partial charge in [0.05, 0.1) is 18.3 Å². The minimum Gasteiger partial charge on any atom is -0.478 e. The number of carbonyl (C=O) groups is 1. The smallest absolute Gasteiger partial charge is 0.336 e. The van der Waals surface area contributed by atoms with Gasteiger partial charge in [-0.3, -0.25) is 0 Å². The number of hydrogen-bond donors (Lipinski definition) is 1. The van der Waals surface area contributed by atoms with Gasteiger partial charge >= 0.3 is 5.97 Å². The van der Waals surface area contributed by atoms with Crippen molar-refractivity contribution >= 4 is 17.6 Å². The summed E-state index contributed by atoms with van der Waals surface area (Å²) in [6.07, 6.45) is 0.731. The second-order valence-electron chi connectivity index (χ2n) is 3.23. The summed E-state index contributed by atoms with van der Waals surface area (Å²) in [5.74, 6) is -0.942. The molecule has 1 saturated heterocycles. The molecular weight excluding hydrogens is 204 g/mol. The normalized spacial score (nSPS) is 19.4. The van der Waals surface area contributed by atoms with Crippen molar-refractivity contribution in [2.75, 3.05) is 6.61 Å². The summed E-state index contributed by atoms with van der Waals surface area (Å²) >= 11 is 5.93. The van der Waals surface area contributed by atoms with Gasteiger partial charge in [-0.1, -0.05) is 17.7 Å². The highest BCUT2D eigenvalue weighted by Crippen LogP contribution is 2.25. The minimum absolute atomic E-state index is 0.146. The molecule has 1 N–H and O–H groups in total. The van der Waals surface area contributed by atoms with E-state index in [4.69, 9.17) is 21.4 Å². The minimum atomic E-state index is -0.942. The maximum Gasteiger partial charge on any atom is 0.336 e. The highest BCUT2D eigenvalue weighted by atomic mass is 35.5. The van der Waals surface area contributed by atoms with Crippen LogP contribution in [0.3, 0.4) is 0 Å². The van der Waals surface area contributed by atoms with Gasteiger partial charge in [-0.15, -0.1) is 0 Å². The van der Waals surface area contributed by atoms with Crippen molar-refractivity contribution in [3.63, 3.8) is 0 Å². The summed E-state index contributed by atoms with van der Waals surface area (Å²) in [5.41, 5.74) is 0.942. The van der Waals surface area contributed by atoms with Crippen LogP contribution in [0.1, 0.15) is 15.9 Å². The zero-order valence-corrected chi connectivity index (χ0v) is 8.12. The number of rotatable bonds is 3. The first-order chi connectivity index (χ1) is 6.68. The van der Waals surface area contributed by atoms with Crippen LogP contribution >= 0.6 is 11.6 Å². The van der Waals surface area contributed by atoms with E-state index in [1.54, 1.807) is 18.2 Å². The van der Waals surface area contributed by atoms with Gasteiger partial charge in [-0.2, -0.15) is 0 Å². The van der Waals surface area contributed by atoms with Crippen molar-refractivity contribution in [1.82, 2.24) is 0 Å². The molecule has 1 fully saturated rings. The topological polar surface area (TPSA) is 49.8 Å². The van der Waals surface area contributed by atoms with Gasteiger partial charge in [0.1, 0.15) is 0 Å². The van der Waals surface area contributed by atoms with Crippen molar-refractivity contribution in [1.29, 1.82) is 0 Å².